The molecule has 6 nitrogen and oxygen atoms in total. The molecule has 2 heterocycles. The highest BCUT2D eigenvalue weighted by Gasteiger charge is 2.17. The summed E-state index contributed by atoms with van der Waals surface area (Å²) in [6.07, 6.45) is 5.44. The van der Waals surface area contributed by atoms with Gasteiger partial charge in [0.15, 0.2) is 5.82 Å². The molecule has 1 saturated heterocycles. The van der Waals surface area contributed by atoms with Crippen LogP contribution in [-0.2, 0) is 0 Å². The summed E-state index contributed by atoms with van der Waals surface area (Å²) < 4.78 is 5.37. The number of rotatable bonds is 6. The first-order valence-corrected chi connectivity index (χ1v) is 7.43. The highest BCUT2D eigenvalue weighted by molar-refractivity contribution is 5.66. The minimum atomic E-state index is 0.454. The van der Waals surface area contributed by atoms with Crippen molar-refractivity contribution in [2.45, 2.75) is 39.2 Å². The Labute approximate surface area is 120 Å². The van der Waals surface area contributed by atoms with Crippen molar-refractivity contribution in [3.05, 3.63) is 6.33 Å². The molecule has 0 radical (unpaired) electrons. The van der Waals surface area contributed by atoms with Crippen LogP contribution < -0.4 is 15.8 Å². The van der Waals surface area contributed by atoms with Crippen molar-refractivity contribution in [1.29, 1.82) is 0 Å². The van der Waals surface area contributed by atoms with Crippen LogP contribution in [0.4, 0.5) is 11.5 Å². The van der Waals surface area contributed by atoms with Crippen molar-refractivity contribution in [1.82, 2.24) is 14.9 Å². The van der Waals surface area contributed by atoms with Gasteiger partial charge in [0.25, 0.3) is 0 Å². The normalized spacial score (nSPS) is 17.7. The summed E-state index contributed by atoms with van der Waals surface area (Å²) >= 11 is 0. The molecule has 1 aliphatic heterocycles. The van der Waals surface area contributed by atoms with Crippen molar-refractivity contribution in [3.8, 4) is 5.88 Å². The van der Waals surface area contributed by atoms with Crippen LogP contribution in [0.5, 0.6) is 5.88 Å². The number of hydrogen-bond donors (Lipinski definition) is 2. The summed E-state index contributed by atoms with van der Waals surface area (Å²) in [5, 5.41) is 3.31. The fourth-order valence-electron chi connectivity index (χ4n) is 2.50. The van der Waals surface area contributed by atoms with E-state index in [2.05, 4.69) is 27.1 Å². The molecule has 0 aliphatic carbocycles. The Kier molecular flexibility index (Phi) is 5.40. The van der Waals surface area contributed by atoms with E-state index in [-0.39, 0.29) is 0 Å². The first-order chi connectivity index (χ1) is 9.72. The summed E-state index contributed by atoms with van der Waals surface area (Å²) in [6.45, 7) is 7.89. The minimum absolute atomic E-state index is 0.454. The summed E-state index contributed by atoms with van der Waals surface area (Å²) in [5.74, 6) is 1.11. The van der Waals surface area contributed by atoms with E-state index < -0.39 is 0 Å². The first-order valence-electron chi connectivity index (χ1n) is 7.43. The zero-order chi connectivity index (χ0) is 14.4. The molecule has 0 amide bonds. The molecule has 0 bridgehead atoms. The number of nitrogen functional groups attached to an aromatic ring is 1. The smallest absolute Gasteiger partial charge is 0.242 e. The fourth-order valence-corrected chi connectivity index (χ4v) is 2.50. The molecule has 1 aromatic heterocycles. The van der Waals surface area contributed by atoms with Crippen molar-refractivity contribution in [2.24, 2.45) is 0 Å². The summed E-state index contributed by atoms with van der Waals surface area (Å²) in [6, 6.07) is 0.472. The number of nitrogens with zero attached hydrogens (tertiary/aromatic N) is 3. The summed E-state index contributed by atoms with van der Waals surface area (Å²) in [7, 11) is 0. The van der Waals surface area contributed by atoms with Gasteiger partial charge in [-0.25, -0.2) is 4.98 Å². The van der Waals surface area contributed by atoms with Gasteiger partial charge in [0.1, 0.15) is 12.0 Å². The minimum Gasteiger partial charge on any atom is -0.476 e. The molecular formula is C14H25N5O. The Morgan fingerprint density at radius 3 is 2.80 bits per heavy atom. The predicted octanol–water partition coefficient (Wildman–Crippen LogP) is 1.74. The van der Waals surface area contributed by atoms with Crippen LogP contribution in [0.3, 0.4) is 0 Å². The van der Waals surface area contributed by atoms with E-state index in [1.807, 2.05) is 6.92 Å². The van der Waals surface area contributed by atoms with Gasteiger partial charge in [-0.1, -0.05) is 6.42 Å². The van der Waals surface area contributed by atoms with Gasteiger partial charge < -0.3 is 15.8 Å². The Morgan fingerprint density at radius 2 is 2.10 bits per heavy atom. The lowest BCUT2D eigenvalue weighted by Gasteiger charge is -2.32. The Hall–Kier alpha value is -1.56. The molecule has 0 saturated carbocycles. The van der Waals surface area contributed by atoms with E-state index in [9.17, 15) is 0 Å². The maximum Gasteiger partial charge on any atom is 0.242 e. The van der Waals surface area contributed by atoms with E-state index in [1.54, 1.807) is 0 Å². The monoisotopic (exact) mass is 279 g/mol. The third-order valence-corrected chi connectivity index (χ3v) is 3.71. The van der Waals surface area contributed by atoms with Crippen LogP contribution in [0.2, 0.25) is 0 Å². The number of nitrogens with one attached hydrogen (secondary N) is 1. The van der Waals surface area contributed by atoms with Gasteiger partial charge in [-0.15, -0.1) is 0 Å². The maximum absolute atomic E-state index is 6.01. The molecular weight excluding hydrogens is 254 g/mol. The van der Waals surface area contributed by atoms with Crippen molar-refractivity contribution < 1.29 is 4.74 Å². The summed E-state index contributed by atoms with van der Waals surface area (Å²) in [4.78, 5) is 10.7. The zero-order valence-electron chi connectivity index (χ0n) is 12.4. The van der Waals surface area contributed by atoms with Crippen molar-refractivity contribution in [2.75, 3.05) is 37.3 Å². The van der Waals surface area contributed by atoms with Crippen LogP contribution in [0.1, 0.15) is 33.1 Å². The average molecular weight is 279 g/mol. The molecule has 1 aromatic rings. The zero-order valence-corrected chi connectivity index (χ0v) is 12.4. The molecule has 1 fully saturated rings. The van der Waals surface area contributed by atoms with E-state index >= 15 is 0 Å². The topological polar surface area (TPSA) is 76.3 Å². The fraction of sp³-hybridized carbons (Fsp3) is 0.714. The Balaban J connectivity index is 1.91. The third-order valence-electron chi connectivity index (χ3n) is 3.71. The van der Waals surface area contributed by atoms with Crippen LogP contribution >= 0.6 is 0 Å². The van der Waals surface area contributed by atoms with Gasteiger partial charge in [0.2, 0.25) is 5.88 Å². The lowest BCUT2D eigenvalue weighted by molar-refractivity contribution is 0.180. The van der Waals surface area contributed by atoms with Gasteiger partial charge in [-0.2, -0.15) is 4.98 Å². The van der Waals surface area contributed by atoms with E-state index in [0.29, 0.717) is 30.0 Å². The Morgan fingerprint density at radius 1 is 1.35 bits per heavy atom. The summed E-state index contributed by atoms with van der Waals surface area (Å²) in [5.41, 5.74) is 6.49. The number of likely N-dealkylation sites (tertiary alicyclic amines) is 1. The van der Waals surface area contributed by atoms with Crippen LogP contribution in [0, 0.1) is 0 Å². The molecule has 0 aromatic carbocycles. The second-order valence-corrected chi connectivity index (χ2v) is 5.20. The molecule has 2 rings (SSSR count). The third kappa shape index (κ3) is 3.72. The molecule has 6 heteroatoms. The number of nitrogens with two attached hydrogens (primary N) is 1. The number of hydrogen-bond acceptors (Lipinski definition) is 6. The Bertz CT molecular complexity index is 420. The largest absolute Gasteiger partial charge is 0.476 e. The number of ether oxygens (including phenoxy) is 1. The van der Waals surface area contributed by atoms with Gasteiger partial charge in [-0.05, 0) is 39.8 Å². The molecule has 1 atom stereocenters. The first kappa shape index (κ1) is 14.8. The van der Waals surface area contributed by atoms with Crippen LogP contribution in [0.15, 0.2) is 6.33 Å². The highest BCUT2D eigenvalue weighted by atomic mass is 16.5. The molecule has 112 valence electrons. The van der Waals surface area contributed by atoms with Crippen LogP contribution in [0.25, 0.3) is 0 Å². The molecule has 0 spiro atoms. The second kappa shape index (κ2) is 7.28. The quantitative estimate of drug-likeness (QED) is 0.826. The van der Waals surface area contributed by atoms with E-state index in [0.717, 1.165) is 6.54 Å². The van der Waals surface area contributed by atoms with E-state index in [1.165, 1.54) is 38.7 Å². The molecule has 3 N–H and O–H groups in total. The molecule has 1 aliphatic rings. The van der Waals surface area contributed by atoms with Gasteiger partial charge in [0.05, 0.1) is 6.61 Å². The van der Waals surface area contributed by atoms with Crippen LogP contribution in [-0.4, -0.2) is 47.2 Å². The van der Waals surface area contributed by atoms with Crippen molar-refractivity contribution >= 4 is 11.5 Å². The van der Waals surface area contributed by atoms with E-state index in [4.69, 9.17) is 10.5 Å². The van der Waals surface area contributed by atoms with Gasteiger partial charge >= 0.3 is 0 Å². The highest BCUT2D eigenvalue weighted by Crippen LogP contribution is 2.24. The predicted molar refractivity (Wildman–Crippen MR) is 81.0 cm³/mol. The van der Waals surface area contributed by atoms with Gasteiger partial charge in [-0.3, -0.25) is 4.90 Å². The number of piperidine rings is 1. The molecule has 20 heavy (non-hydrogen) atoms. The number of aromatic nitrogens is 2. The maximum atomic E-state index is 6.01. The second-order valence-electron chi connectivity index (χ2n) is 5.20. The average Bonchev–Trinajstić information content (AvgIpc) is 2.49. The number of anilines is 2. The lowest BCUT2D eigenvalue weighted by atomic mass is 10.1. The van der Waals surface area contributed by atoms with Crippen molar-refractivity contribution in [3.63, 3.8) is 0 Å². The molecule has 1 unspecified atom stereocenters. The standard InChI is InChI=1S/C14H25N5O/c1-3-20-14-12(15)13(17-10-18-14)16-9-11(2)19-7-5-4-6-8-19/h10-11H,3-9,15H2,1-2H3,(H,16,17,18). The lowest BCUT2D eigenvalue weighted by Crippen LogP contribution is -2.41. The SMILES string of the molecule is CCOc1ncnc(NCC(C)N2CCCCC2)c1N. The van der Waals surface area contributed by atoms with Gasteiger partial charge in [0, 0.05) is 12.6 Å².